The fourth-order valence-corrected chi connectivity index (χ4v) is 1.45. The van der Waals surface area contributed by atoms with Crippen LogP contribution in [0.15, 0.2) is 27.9 Å². The highest BCUT2D eigenvalue weighted by Gasteiger charge is 2.08. The molecule has 13 heavy (non-hydrogen) atoms. The quantitative estimate of drug-likeness (QED) is 0.551. The monoisotopic (exact) mass is 172 g/mol. The molecule has 0 saturated carbocycles. The molecule has 1 amide bonds. The van der Waals surface area contributed by atoms with Crippen molar-refractivity contribution in [1.29, 1.82) is 0 Å². The summed E-state index contributed by atoms with van der Waals surface area (Å²) in [5.41, 5.74) is 1.38. The zero-order chi connectivity index (χ0) is 8.84. The van der Waals surface area contributed by atoms with Gasteiger partial charge in [0.15, 0.2) is 12.0 Å². The van der Waals surface area contributed by atoms with Gasteiger partial charge in [-0.05, 0) is 12.1 Å². The van der Waals surface area contributed by atoms with Crippen molar-refractivity contribution < 1.29 is 9.21 Å². The van der Waals surface area contributed by atoms with Gasteiger partial charge in [0.05, 0.1) is 10.6 Å². The molecule has 0 radical (unpaired) electrons. The Hall–Kier alpha value is -1.97. The van der Waals surface area contributed by atoms with Crippen LogP contribution in [-0.4, -0.2) is 10.9 Å². The van der Waals surface area contributed by atoms with E-state index in [9.17, 15) is 4.79 Å². The second-order valence-corrected chi connectivity index (χ2v) is 2.79. The molecule has 2 heterocycles. The van der Waals surface area contributed by atoms with E-state index in [1.165, 1.54) is 12.5 Å². The van der Waals surface area contributed by atoms with Crippen LogP contribution in [0.1, 0.15) is 0 Å². The van der Waals surface area contributed by atoms with E-state index < -0.39 is 0 Å². The standard InChI is InChI=1S/C9H4N2O2/c12-8-3-5-6(11-8)1-2-7-9(5)13-4-10-7/h1-4H. The number of hydrogen-bond acceptors (Lipinski definition) is 3. The average molecular weight is 172 g/mol. The van der Waals surface area contributed by atoms with E-state index in [2.05, 4.69) is 9.98 Å². The van der Waals surface area contributed by atoms with Gasteiger partial charge in [-0.15, -0.1) is 0 Å². The van der Waals surface area contributed by atoms with Crippen LogP contribution in [0.5, 0.6) is 0 Å². The van der Waals surface area contributed by atoms with E-state index in [-0.39, 0.29) is 5.91 Å². The van der Waals surface area contributed by atoms with Gasteiger partial charge in [0.25, 0.3) is 5.91 Å². The molecule has 4 heteroatoms. The zero-order valence-corrected chi connectivity index (χ0v) is 6.52. The smallest absolute Gasteiger partial charge is 0.271 e. The molecule has 0 spiro atoms. The molecule has 1 aromatic carbocycles. The first-order chi connectivity index (χ1) is 6.34. The van der Waals surface area contributed by atoms with Gasteiger partial charge in [-0.3, -0.25) is 4.79 Å². The molecular formula is C9H4N2O2. The van der Waals surface area contributed by atoms with Crippen molar-refractivity contribution in [3.8, 4) is 0 Å². The number of amides is 1. The van der Waals surface area contributed by atoms with Crippen LogP contribution in [0, 0.1) is 0 Å². The average Bonchev–Trinajstić information content (AvgIpc) is 2.65. The summed E-state index contributed by atoms with van der Waals surface area (Å²) < 4.78 is 5.15. The van der Waals surface area contributed by atoms with E-state index in [0.717, 1.165) is 10.7 Å². The van der Waals surface area contributed by atoms with Crippen molar-refractivity contribution >= 4 is 23.1 Å². The summed E-state index contributed by atoms with van der Waals surface area (Å²) >= 11 is 0. The Balaban J connectivity index is 2.69. The van der Waals surface area contributed by atoms with Crippen LogP contribution < -0.4 is 10.6 Å². The van der Waals surface area contributed by atoms with Gasteiger partial charge in [-0.2, -0.15) is 0 Å². The first kappa shape index (κ1) is 6.54. The molecule has 3 rings (SSSR count). The lowest BCUT2D eigenvalue weighted by atomic mass is 10.2. The summed E-state index contributed by atoms with van der Waals surface area (Å²) in [4.78, 5) is 18.8. The van der Waals surface area contributed by atoms with Crippen molar-refractivity contribution in [2.75, 3.05) is 0 Å². The van der Waals surface area contributed by atoms with Crippen molar-refractivity contribution in [3.63, 3.8) is 0 Å². The topological polar surface area (TPSA) is 55.5 Å². The lowest BCUT2D eigenvalue weighted by Gasteiger charge is -1.83. The van der Waals surface area contributed by atoms with Crippen molar-refractivity contribution in [3.05, 3.63) is 29.1 Å². The molecular weight excluding hydrogens is 168 g/mol. The highest BCUT2D eigenvalue weighted by atomic mass is 16.3. The van der Waals surface area contributed by atoms with E-state index in [1.54, 1.807) is 12.1 Å². The minimum atomic E-state index is -0.237. The molecule has 1 aromatic heterocycles. The van der Waals surface area contributed by atoms with Gasteiger partial charge in [-0.25, -0.2) is 9.98 Å². The van der Waals surface area contributed by atoms with E-state index in [0.29, 0.717) is 10.9 Å². The highest BCUT2D eigenvalue weighted by molar-refractivity contribution is 6.07. The number of rotatable bonds is 0. The number of carbonyl (C=O) groups is 1. The van der Waals surface area contributed by atoms with Gasteiger partial charge >= 0.3 is 0 Å². The Morgan fingerprint density at radius 3 is 3.15 bits per heavy atom. The fourth-order valence-electron chi connectivity index (χ4n) is 1.45. The Morgan fingerprint density at radius 1 is 1.31 bits per heavy atom. The SMILES string of the molecule is O=C1C=c2c(ccc3ncoc23)=N1. The molecule has 4 nitrogen and oxygen atoms in total. The number of aromatic nitrogens is 1. The van der Waals surface area contributed by atoms with Crippen molar-refractivity contribution in [1.82, 2.24) is 4.98 Å². The predicted molar refractivity (Wildman–Crippen MR) is 44.3 cm³/mol. The van der Waals surface area contributed by atoms with Crippen LogP contribution in [0.2, 0.25) is 0 Å². The third-order valence-corrected chi connectivity index (χ3v) is 2.01. The molecule has 0 saturated heterocycles. The molecule has 0 fully saturated rings. The summed E-state index contributed by atoms with van der Waals surface area (Å²) in [7, 11) is 0. The predicted octanol–water partition coefficient (Wildman–Crippen LogP) is -0.232. The lowest BCUT2D eigenvalue weighted by Crippen LogP contribution is -2.21. The Bertz CT molecular complexity index is 625. The maximum Gasteiger partial charge on any atom is 0.271 e. The minimum Gasteiger partial charge on any atom is -0.443 e. The molecule has 0 aliphatic carbocycles. The number of fused-ring (bicyclic) bond motifs is 3. The molecule has 62 valence electrons. The maximum atomic E-state index is 11.0. The summed E-state index contributed by atoms with van der Waals surface area (Å²) in [6.45, 7) is 0. The van der Waals surface area contributed by atoms with Gasteiger partial charge in [-0.1, -0.05) is 0 Å². The van der Waals surface area contributed by atoms with Crippen LogP contribution in [-0.2, 0) is 4.79 Å². The number of nitrogens with zero attached hydrogens (tertiary/aromatic N) is 2. The van der Waals surface area contributed by atoms with Gasteiger partial charge in [0.1, 0.15) is 5.52 Å². The largest absolute Gasteiger partial charge is 0.443 e. The Kier molecular flexibility index (Phi) is 1.02. The van der Waals surface area contributed by atoms with E-state index in [4.69, 9.17) is 4.42 Å². The number of benzene rings is 1. The summed E-state index contributed by atoms with van der Waals surface area (Å²) in [6.07, 6.45) is 2.82. The van der Waals surface area contributed by atoms with Crippen LogP contribution >= 0.6 is 0 Å². The lowest BCUT2D eigenvalue weighted by molar-refractivity contribution is -0.112. The molecule has 2 aromatic rings. The molecule has 0 atom stereocenters. The normalized spacial score (nSPS) is 14.0. The third kappa shape index (κ3) is 0.767. The molecule has 0 N–H and O–H groups in total. The second-order valence-electron chi connectivity index (χ2n) is 2.79. The Morgan fingerprint density at radius 2 is 2.23 bits per heavy atom. The van der Waals surface area contributed by atoms with Crippen LogP contribution in [0.25, 0.3) is 17.2 Å². The number of carbonyl (C=O) groups excluding carboxylic acids is 1. The molecule has 1 aliphatic heterocycles. The van der Waals surface area contributed by atoms with E-state index in [1.807, 2.05) is 0 Å². The van der Waals surface area contributed by atoms with Crippen LogP contribution in [0.4, 0.5) is 0 Å². The van der Waals surface area contributed by atoms with Crippen molar-refractivity contribution in [2.24, 2.45) is 4.99 Å². The first-order valence-electron chi connectivity index (χ1n) is 3.81. The highest BCUT2D eigenvalue weighted by Crippen LogP contribution is 2.04. The molecule has 0 bridgehead atoms. The number of hydrogen-bond donors (Lipinski definition) is 0. The van der Waals surface area contributed by atoms with Gasteiger partial charge < -0.3 is 4.42 Å². The maximum absolute atomic E-state index is 11.0. The third-order valence-electron chi connectivity index (χ3n) is 2.01. The summed E-state index contributed by atoms with van der Waals surface area (Å²) in [6, 6.07) is 3.55. The number of oxazole rings is 1. The molecule has 0 unspecified atom stereocenters. The van der Waals surface area contributed by atoms with E-state index >= 15 is 0 Å². The molecule has 1 aliphatic rings. The van der Waals surface area contributed by atoms with Crippen molar-refractivity contribution in [2.45, 2.75) is 0 Å². The summed E-state index contributed by atoms with van der Waals surface area (Å²) in [5.74, 6) is -0.237. The Labute approximate surface area is 72.2 Å². The van der Waals surface area contributed by atoms with Gasteiger partial charge in [0.2, 0.25) is 0 Å². The fraction of sp³-hybridized carbons (Fsp3) is 0. The first-order valence-corrected chi connectivity index (χ1v) is 3.81. The second kappa shape index (κ2) is 2.04. The van der Waals surface area contributed by atoms with Gasteiger partial charge in [0, 0.05) is 6.08 Å². The van der Waals surface area contributed by atoms with Crippen LogP contribution in [0.3, 0.4) is 0 Å². The summed E-state index contributed by atoms with van der Waals surface area (Å²) in [5, 5.41) is 1.40. The zero-order valence-electron chi connectivity index (χ0n) is 6.52. The minimum absolute atomic E-state index is 0.237.